The first-order chi connectivity index (χ1) is 7.48. The number of hydrogen-bond donors (Lipinski definition) is 2. The van der Waals surface area contributed by atoms with E-state index in [4.69, 9.17) is 9.84 Å². The van der Waals surface area contributed by atoms with Gasteiger partial charge in [0, 0.05) is 20.2 Å². The van der Waals surface area contributed by atoms with Crippen LogP contribution < -0.4 is 5.32 Å². The van der Waals surface area contributed by atoms with E-state index in [1.54, 1.807) is 6.92 Å². The maximum absolute atomic E-state index is 11.1. The van der Waals surface area contributed by atoms with Crippen LogP contribution in [0.4, 0.5) is 0 Å². The molecule has 1 rings (SSSR count). The fourth-order valence-electron chi connectivity index (χ4n) is 2.04. The first kappa shape index (κ1) is 13.4. The Balaban J connectivity index is 2.41. The third-order valence-corrected chi connectivity index (χ3v) is 3.17. The van der Waals surface area contributed by atoms with Crippen LogP contribution in [0.3, 0.4) is 0 Å². The van der Waals surface area contributed by atoms with Crippen molar-refractivity contribution in [3.05, 3.63) is 0 Å². The van der Waals surface area contributed by atoms with Crippen LogP contribution >= 0.6 is 0 Å². The number of hydrogen-bond acceptors (Lipinski definition) is 4. The van der Waals surface area contributed by atoms with E-state index < -0.39 is 11.5 Å². The van der Waals surface area contributed by atoms with Gasteiger partial charge in [-0.1, -0.05) is 0 Å². The zero-order valence-corrected chi connectivity index (χ0v) is 10.3. The third-order valence-electron chi connectivity index (χ3n) is 3.17. The Bertz CT molecular complexity index is 247. The number of carboxylic acid groups (broad SMARTS) is 1. The largest absolute Gasteiger partial charge is 0.480 e. The third kappa shape index (κ3) is 3.43. The average Bonchev–Trinajstić information content (AvgIpc) is 2.61. The highest BCUT2D eigenvalue weighted by Crippen LogP contribution is 2.15. The normalized spacial score (nSPS) is 25.6. The molecule has 0 spiro atoms. The number of ether oxygens (including phenoxy) is 1. The molecule has 1 aliphatic rings. The first-order valence-corrected chi connectivity index (χ1v) is 5.64. The SMILES string of the molecule is COCC(C)(NCC1CCN(C)C1)C(=O)O. The number of nitrogens with one attached hydrogen (secondary N) is 1. The monoisotopic (exact) mass is 230 g/mol. The number of carbonyl (C=O) groups is 1. The average molecular weight is 230 g/mol. The minimum atomic E-state index is -0.976. The highest BCUT2D eigenvalue weighted by Gasteiger charge is 2.34. The molecule has 0 saturated carbocycles. The Labute approximate surface area is 96.8 Å². The molecule has 0 aromatic rings. The predicted octanol–water partition coefficient (Wildman–Crippen LogP) is 0.0174. The molecular weight excluding hydrogens is 208 g/mol. The molecule has 1 saturated heterocycles. The summed E-state index contributed by atoms with van der Waals surface area (Å²) in [5.41, 5.74) is -0.976. The van der Waals surface area contributed by atoms with Gasteiger partial charge in [0.2, 0.25) is 0 Å². The van der Waals surface area contributed by atoms with E-state index in [0.717, 1.165) is 26.1 Å². The van der Waals surface area contributed by atoms with E-state index >= 15 is 0 Å². The lowest BCUT2D eigenvalue weighted by atomic mass is 10.0. The van der Waals surface area contributed by atoms with Gasteiger partial charge >= 0.3 is 5.97 Å². The van der Waals surface area contributed by atoms with E-state index in [9.17, 15) is 4.79 Å². The molecule has 0 aromatic carbocycles. The minimum absolute atomic E-state index is 0.185. The molecule has 5 heteroatoms. The van der Waals surface area contributed by atoms with Crippen LogP contribution in [0, 0.1) is 5.92 Å². The molecule has 0 aromatic heterocycles. The van der Waals surface area contributed by atoms with E-state index in [1.807, 2.05) is 0 Å². The van der Waals surface area contributed by atoms with Crippen LogP contribution in [-0.4, -0.2) is 61.9 Å². The Morgan fingerprint density at radius 2 is 2.38 bits per heavy atom. The summed E-state index contributed by atoms with van der Waals surface area (Å²) in [5.74, 6) is -0.318. The maximum Gasteiger partial charge on any atom is 0.326 e. The van der Waals surface area contributed by atoms with Gasteiger partial charge in [-0.2, -0.15) is 0 Å². The van der Waals surface area contributed by atoms with Crippen LogP contribution in [0.15, 0.2) is 0 Å². The fraction of sp³-hybridized carbons (Fsp3) is 0.909. The summed E-state index contributed by atoms with van der Waals surface area (Å²) in [7, 11) is 3.61. The second-order valence-electron chi connectivity index (χ2n) is 4.87. The smallest absolute Gasteiger partial charge is 0.326 e. The molecule has 0 bridgehead atoms. The van der Waals surface area contributed by atoms with Crippen LogP contribution in [0.2, 0.25) is 0 Å². The number of rotatable bonds is 6. The van der Waals surface area contributed by atoms with Gasteiger partial charge in [-0.25, -0.2) is 0 Å². The number of nitrogens with zero attached hydrogens (tertiary/aromatic N) is 1. The summed E-state index contributed by atoms with van der Waals surface area (Å²) in [6, 6.07) is 0. The highest BCUT2D eigenvalue weighted by molar-refractivity contribution is 5.78. The molecule has 1 aliphatic heterocycles. The van der Waals surface area contributed by atoms with Crippen molar-refractivity contribution in [1.29, 1.82) is 0 Å². The van der Waals surface area contributed by atoms with Crippen molar-refractivity contribution >= 4 is 5.97 Å². The van der Waals surface area contributed by atoms with Gasteiger partial charge < -0.3 is 14.7 Å². The number of likely N-dealkylation sites (tertiary alicyclic amines) is 1. The van der Waals surface area contributed by atoms with E-state index in [0.29, 0.717) is 5.92 Å². The quantitative estimate of drug-likeness (QED) is 0.673. The van der Waals surface area contributed by atoms with E-state index in [-0.39, 0.29) is 6.61 Å². The van der Waals surface area contributed by atoms with Gasteiger partial charge in [0.05, 0.1) is 6.61 Å². The summed E-state index contributed by atoms with van der Waals surface area (Å²) in [4.78, 5) is 13.4. The Kier molecular flexibility index (Phi) is 4.70. The summed E-state index contributed by atoms with van der Waals surface area (Å²) in [5, 5.41) is 12.2. The summed E-state index contributed by atoms with van der Waals surface area (Å²) in [6.45, 7) is 4.72. The highest BCUT2D eigenvalue weighted by atomic mass is 16.5. The lowest BCUT2D eigenvalue weighted by molar-refractivity contribution is -0.146. The van der Waals surface area contributed by atoms with Crippen molar-refractivity contribution in [3.8, 4) is 0 Å². The molecule has 2 unspecified atom stereocenters. The Morgan fingerprint density at radius 3 is 2.81 bits per heavy atom. The molecule has 5 nitrogen and oxygen atoms in total. The van der Waals surface area contributed by atoms with Crippen molar-refractivity contribution < 1.29 is 14.6 Å². The van der Waals surface area contributed by atoms with E-state index in [1.165, 1.54) is 7.11 Å². The molecule has 1 heterocycles. The summed E-state index contributed by atoms with van der Waals surface area (Å²) >= 11 is 0. The molecule has 1 fully saturated rings. The minimum Gasteiger partial charge on any atom is -0.480 e. The Morgan fingerprint density at radius 1 is 1.69 bits per heavy atom. The molecule has 2 atom stereocenters. The lowest BCUT2D eigenvalue weighted by Crippen LogP contribution is -2.54. The second kappa shape index (κ2) is 5.61. The Hall–Kier alpha value is -0.650. The molecule has 0 radical (unpaired) electrons. The molecule has 0 aliphatic carbocycles. The number of carboxylic acids is 1. The second-order valence-corrected chi connectivity index (χ2v) is 4.87. The first-order valence-electron chi connectivity index (χ1n) is 5.64. The maximum atomic E-state index is 11.1. The van der Waals surface area contributed by atoms with Crippen LogP contribution in [0.5, 0.6) is 0 Å². The van der Waals surface area contributed by atoms with Crippen molar-refractivity contribution in [1.82, 2.24) is 10.2 Å². The van der Waals surface area contributed by atoms with Gasteiger partial charge in [0.25, 0.3) is 0 Å². The van der Waals surface area contributed by atoms with Gasteiger partial charge in [0.15, 0.2) is 0 Å². The molecule has 2 N–H and O–H groups in total. The zero-order chi connectivity index (χ0) is 12.2. The summed E-state index contributed by atoms with van der Waals surface area (Å²) < 4.78 is 4.95. The standard InChI is InChI=1S/C11H22N2O3/c1-11(8-16-3,10(14)15)12-6-9-4-5-13(2)7-9/h9,12H,4-8H2,1-3H3,(H,14,15). The van der Waals surface area contributed by atoms with Crippen molar-refractivity contribution in [2.24, 2.45) is 5.92 Å². The van der Waals surface area contributed by atoms with Crippen LogP contribution in [0.1, 0.15) is 13.3 Å². The predicted molar refractivity (Wildman–Crippen MR) is 61.5 cm³/mol. The summed E-state index contributed by atoms with van der Waals surface area (Å²) in [6.07, 6.45) is 1.13. The molecule has 0 amide bonds. The van der Waals surface area contributed by atoms with Crippen LogP contribution in [-0.2, 0) is 9.53 Å². The topological polar surface area (TPSA) is 61.8 Å². The van der Waals surface area contributed by atoms with Gasteiger partial charge in [-0.3, -0.25) is 10.1 Å². The van der Waals surface area contributed by atoms with Gasteiger partial charge in [-0.15, -0.1) is 0 Å². The van der Waals surface area contributed by atoms with Gasteiger partial charge in [0.1, 0.15) is 5.54 Å². The van der Waals surface area contributed by atoms with Crippen molar-refractivity contribution in [2.75, 3.05) is 40.4 Å². The van der Waals surface area contributed by atoms with E-state index in [2.05, 4.69) is 17.3 Å². The zero-order valence-electron chi connectivity index (χ0n) is 10.3. The number of methoxy groups -OCH3 is 1. The molecule has 94 valence electrons. The van der Waals surface area contributed by atoms with Gasteiger partial charge in [-0.05, 0) is 32.9 Å². The number of aliphatic carboxylic acids is 1. The molecule has 16 heavy (non-hydrogen) atoms. The molecular formula is C11H22N2O3. The van der Waals surface area contributed by atoms with Crippen molar-refractivity contribution in [3.63, 3.8) is 0 Å². The van der Waals surface area contributed by atoms with Crippen LogP contribution in [0.25, 0.3) is 0 Å². The fourth-order valence-corrected chi connectivity index (χ4v) is 2.04. The lowest BCUT2D eigenvalue weighted by Gasteiger charge is -2.27. The van der Waals surface area contributed by atoms with Crippen molar-refractivity contribution in [2.45, 2.75) is 18.9 Å².